The van der Waals surface area contributed by atoms with E-state index in [4.69, 9.17) is 14.6 Å². The van der Waals surface area contributed by atoms with Gasteiger partial charge in [-0.1, -0.05) is 6.07 Å². The molecule has 196 valence electrons. The molecule has 10 heteroatoms. The summed E-state index contributed by atoms with van der Waals surface area (Å²) in [5.41, 5.74) is 1.34. The average Bonchev–Trinajstić information content (AvgIpc) is 3.24. The molecule has 1 aromatic carbocycles. The molecule has 2 N–H and O–H groups in total. The van der Waals surface area contributed by atoms with E-state index in [1.165, 1.54) is 0 Å². The van der Waals surface area contributed by atoms with Gasteiger partial charge in [0.15, 0.2) is 11.9 Å². The number of ether oxygens (including phenoxy) is 2. The standard InChI is InChI=1S/C28H30N6O4/c1-17-5-6-18-15-19(7-8-20(18)31-17)32-24-23-21(10-14-30-25(23)35)34(33-24)28(12-13-29)11-9-22(37-16-28)26(36)38-27(2,3)4/h5-8,10,14-15,22H,9,11-12,16H2,1-4H3,(H,30,35)(H,32,33)/t22-,28-/m0/s1. The van der Waals surface area contributed by atoms with E-state index in [-0.39, 0.29) is 18.6 Å². The SMILES string of the molecule is Cc1ccc2cc(Nc3nn([C@]4(CC#N)CC[C@@H](C(=O)OC(C)(C)C)OC4)c4cc[nH]c(=O)c34)ccc2n1. The van der Waals surface area contributed by atoms with Crippen LogP contribution in [0.2, 0.25) is 0 Å². The Kier molecular flexibility index (Phi) is 6.41. The fourth-order valence-corrected chi connectivity index (χ4v) is 4.86. The number of carbonyl (C=O) groups is 1. The van der Waals surface area contributed by atoms with Crippen molar-refractivity contribution in [2.45, 2.75) is 64.2 Å². The first-order chi connectivity index (χ1) is 18.1. The minimum Gasteiger partial charge on any atom is -0.458 e. The molecule has 0 unspecified atom stereocenters. The molecule has 38 heavy (non-hydrogen) atoms. The highest BCUT2D eigenvalue weighted by molar-refractivity contribution is 5.92. The maximum absolute atomic E-state index is 13.0. The molecule has 10 nitrogen and oxygen atoms in total. The van der Waals surface area contributed by atoms with Crippen molar-refractivity contribution < 1.29 is 14.3 Å². The predicted molar refractivity (Wildman–Crippen MR) is 143 cm³/mol. The number of hydrogen-bond donors (Lipinski definition) is 2. The number of nitrogens with zero attached hydrogens (tertiary/aromatic N) is 4. The summed E-state index contributed by atoms with van der Waals surface area (Å²) >= 11 is 0. The number of anilines is 2. The first kappa shape index (κ1) is 25.4. The molecule has 3 aromatic heterocycles. The van der Waals surface area contributed by atoms with Crippen molar-refractivity contribution >= 4 is 39.3 Å². The Bertz CT molecular complexity index is 1620. The summed E-state index contributed by atoms with van der Waals surface area (Å²) < 4.78 is 13.2. The Labute approximate surface area is 219 Å². The van der Waals surface area contributed by atoms with Crippen LogP contribution in [0.1, 0.15) is 45.7 Å². The van der Waals surface area contributed by atoms with Crippen LogP contribution in [0.3, 0.4) is 0 Å². The topological polar surface area (TPSA) is 135 Å². The van der Waals surface area contributed by atoms with Crippen LogP contribution < -0.4 is 10.9 Å². The first-order valence-electron chi connectivity index (χ1n) is 12.6. The summed E-state index contributed by atoms with van der Waals surface area (Å²) in [6.07, 6.45) is 1.75. The van der Waals surface area contributed by atoms with Crippen molar-refractivity contribution in [2.75, 3.05) is 11.9 Å². The van der Waals surface area contributed by atoms with Crippen molar-refractivity contribution in [3.8, 4) is 6.07 Å². The molecule has 1 aliphatic heterocycles. The van der Waals surface area contributed by atoms with Gasteiger partial charge in [0.1, 0.15) is 11.0 Å². The summed E-state index contributed by atoms with van der Waals surface area (Å²) in [4.78, 5) is 32.8. The van der Waals surface area contributed by atoms with Crippen molar-refractivity contribution in [3.63, 3.8) is 0 Å². The van der Waals surface area contributed by atoms with Crippen LogP contribution >= 0.6 is 0 Å². The Morgan fingerprint density at radius 1 is 1.32 bits per heavy atom. The summed E-state index contributed by atoms with van der Waals surface area (Å²) in [7, 11) is 0. The maximum Gasteiger partial charge on any atom is 0.335 e. The second kappa shape index (κ2) is 9.58. The van der Waals surface area contributed by atoms with Crippen LogP contribution in [-0.2, 0) is 19.8 Å². The van der Waals surface area contributed by atoms with Gasteiger partial charge in [-0.2, -0.15) is 10.4 Å². The molecular formula is C28H30N6O4. The first-order valence-corrected chi connectivity index (χ1v) is 12.6. The lowest BCUT2D eigenvalue weighted by Gasteiger charge is -2.39. The van der Waals surface area contributed by atoms with Gasteiger partial charge in [-0.05, 0) is 70.9 Å². The number of pyridine rings is 2. The van der Waals surface area contributed by atoms with Gasteiger partial charge in [0.05, 0.1) is 35.7 Å². The molecule has 4 aromatic rings. The number of carbonyl (C=O) groups excluding carboxylic acids is 1. The second-order valence-corrected chi connectivity index (χ2v) is 10.7. The van der Waals surface area contributed by atoms with E-state index in [1.54, 1.807) is 16.9 Å². The Balaban J connectivity index is 1.51. The zero-order valence-corrected chi connectivity index (χ0v) is 21.9. The summed E-state index contributed by atoms with van der Waals surface area (Å²) in [6, 6.07) is 13.7. The lowest BCUT2D eigenvalue weighted by atomic mass is 9.87. The number of fused-ring (bicyclic) bond motifs is 2. The van der Waals surface area contributed by atoms with Gasteiger partial charge >= 0.3 is 5.97 Å². The minimum atomic E-state index is -0.857. The molecule has 1 saturated heterocycles. The molecule has 2 atom stereocenters. The smallest absolute Gasteiger partial charge is 0.335 e. The zero-order valence-electron chi connectivity index (χ0n) is 21.9. The number of H-pyrrole nitrogens is 1. The van der Waals surface area contributed by atoms with Crippen LogP contribution in [0, 0.1) is 18.3 Å². The number of rotatable bonds is 5. The van der Waals surface area contributed by atoms with Gasteiger partial charge in [-0.3, -0.25) is 14.5 Å². The lowest BCUT2D eigenvalue weighted by Crippen LogP contribution is -2.47. The fourth-order valence-electron chi connectivity index (χ4n) is 4.86. The Hall–Kier alpha value is -4.23. The molecule has 0 amide bonds. The van der Waals surface area contributed by atoms with Crippen molar-refractivity contribution in [2.24, 2.45) is 0 Å². The largest absolute Gasteiger partial charge is 0.458 e. The van der Waals surface area contributed by atoms with Gasteiger partial charge in [0.2, 0.25) is 0 Å². The summed E-state index contributed by atoms with van der Waals surface area (Å²) in [6.45, 7) is 7.45. The predicted octanol–water partition coefficient (Wildman–Crippen LogP) is 4.45. The second-order valence-electron chi connectivity index (χ2n) is 10.7. The number of aryl methyl sites for hydroxylation is 1. The van der Waals surface area contributed by atoms with E-state index in [2.05, 4.69) is 21.4 Å². The molecule has 0 aliphatic carbocycles. The third kappa shape index (κ3) is 4.85. The summed E-state index contributed by atoms with van der Waals surface area (Å²) in [5.74, 6) is -0.0546. The monoisotopic (exact) mass is 514 g/mol. The number of nitrogens with one attached hydrogen (secondary N) is 2. The average molecular weight is 515 g/mol. The lowest BCUT2D eigenvalue weighted by molar-refractivity contribution is -0.176. The number of hydrogen-bond acceptors (Lipinski definition) is 8. The number of esters is 1. The minimum absolute atomic E-state index is 0.0779. The van der Waals surface area contributed by atoms with Gasteiger partial charge < -0.3 is 19.8 Å². The van der Waals surface area contributed by atoms with Crippen molar-refractivity contribution in [1.82, 2.24) is 19.7 Å². The van der Waals surface area contributed by atoms with E-state index in [9.17, 15) is 14.9 Å². The molecule has 4 heterocycles. The van der Waals surface area contributed by atoms with Crippen molar-refractivity contribution in [1.29, 1.82) is 5.26 Å². The van der Waals surface area contributed by atoms with Crippen LogP contribution in [0.5, 0.6) is 0 Å². The molecule has 0 bridgehead atoms. The van der Waals surface area contributed by atoms with Gasteiger partial charge in [0.25, 0.3) is 5.56 Å². The highest BCUT2D eigenvalue weighted by Gasteiger charge is 2.43. The molecule has 1 aliphatic rings. The molecule has 0 spiro atoms. The van der Waals surface area contributed by atoms with Crippen LogP contribution in [0.15, 0.2) is 47.4 Å². The highest BCUT2D eigenvalue weighted by Crippen LogP contribution is 2.37. The van der Waals surface area contributed by atoms with Crippen molar-refractivity contribution in [3.05, 3.63) is 58.6 Å². The number of aromatic amines is 1. The van der Waals surface area contributed by atoms with Crippen LogP contribution in [0.4, 0.5) is 11.5 Å². The van der Waals surface area contributed by atoms with E-state index in [0.717, 1.165) is 22.3 Å². The molecule has 0 saturated carbocycles. The maximum atomic E-state index is 13.0. The van der Waals surface area contributed by atoms with Crippen LogP contribution in [-0.4, -0.2) is 44.0 Å². The zero-order chi connectivity index (χ0) is 27.1. The van der Waals surface area contributed by atoms with Gasteiger partial charge in [-0.15, -0.1) is 0 Å². The molecule has 1 fully saturated rings. The van der Waals surface area contributed by atoms with Gasteiger partial charge in [0, 0.05) is 23.0 Å². The molecule has 5 rings (SSSR count). The van der Waals surface area contributed by atoms with Gasteiger partial charge in [-0.25, -0.2) is 4.79 Å². The van der Waals surface area contributed by atoms with E-state index >= 15 is 0 Å². The third-order valence-corrected chi connectivity index (χ3v) is 6.65. The number of nitriles is 1. The molecular weight excluding hydrogens is 484 g/mol. The highest BCUT2D eigenvalue weighted by atomic mass is 16.6. The van der Waals surface area contributed by atoms with E-state index in [1.807, 2.05) is 58.0 Å². The third-order valence-electron chi connectivity index (χ3n) is 6.65. The number of aromatic nitrogens is 4. The molecule has 0 radical (unpaired) electrons. The fraction of sp³-hybridized carbons (Fsp3) is 0.393. The van der Waals surface area contributed by atoms with E-state index < -0.39 is 23.2 Å². The van der Waals surface area contributed by atoms with Crippen LogP contribution in [0.25, 0.3) is 21.8 Å². The normalized spacial score (nSPS) is 19.8. The number of benzene rings is 1. The Morgan fingerprint density at radius 2 is 2.13 bits per heavy atom. The Morgan fingerprint density at radius 3 is 2.84 bits per heavy atom. The quantitative estimate of drug-likeness (QED) is 0.373. The van der Waals surface area contributed by atoms with E-state index in [0.29, 0.717) is 29.6 Å². The summed E-state index contributed by atoms with van der Waals surface area (Å²) in [5, 5.41) is 19.2.